The Morgan fingerprint density at radius 1 is 1.07 bits per heavy atom. The molecule has 3 aromatic rings. The van der Waals surface area contributed by atoms with E-state index in [1.807, 2.05) is 6.07 Å². The van der Waals surface area contributed by atoms with Crippen LogP contribution in [0.25, 0.3) is 0 Å². The van der Waals surface area contributed by atoms with Gasteiger partial charge in [-0.3, -0.25) is 4.98 Å². The monoisotopic (exact) mass is 428 g/mol. The van der Waals surface area contributed by atoms with Gasteiger partial charge in [-0.1, -0.05) is 6.07 Å². The van der Waals surface area contributed by atoms with Gasteiger partial charge in [-0.25, -0.2) is 18.2 Å². The summed E-state index contributed by atoms with van der Waals surface area (Å²) in [6.45, 7) is 0.316. The van der Waals surface area contributed by atoms with Gasteiger partial charge in [0.15, 0.2) is 0 Å². The van der Waals surface area contributed by atoms with Gasteiger partial charge in [0.1, 0.15) is 10.6 Å². The highest BCUT2D eigenvalue weighted by Crippen LogP contribution is 2.31. The molecule has 0 saturated carbocycles. The molecule has 2 amide bonds. The van der Waals surface area contributed by atoms with Crippen molar-refractivity contribution >= 4 is 21.6 Å². The Kier molecular flexibility index (Phi) is 6.48. The minimum atomic E-state index is -3.88. The topological polar surface area (TPSA) is 120 Å². The van der Waals surface area contributed by atoms with Crippen LogP contribution in [0.1, 0.15) is 5.56 Å². The summed E-state index contributed by atoms with van der Waals surface area (Å²) in [7, 11) is -1.09. The Hall–Kier alpha value is -3.66. The number of pyridine rings is 2. The van der Waals surface area contributed by atoms with Gasteiger partial charge in [-0.15, -0.1) is 0 Å². The lowest BCUT2D eigenvalue weighted by atomic mass is 10.3. The Labute approximate surface area is 174 Å². The van der Waals surface area contributed by atoms with Gasteiger partial charge in [0.05, 0.1) is 25.3 Å². The summed E-state index contributed by atoms with van der Waals surface area (Å²) in [5, 5.41) is 5.35. The molecule has 0 atom stereocenters. The van der Waals surface area contributed by atoms with Crippen molar-refractivity contribution in [3.63, 3.8) is 0 Å². The minimum Gasteiger partial charge on any atom is -0.495 e. The highest BCUT2D eigenvalue weighted by molar-refractivity contribution is 7.91. The number of hydrogen-bond acceptors (Lipinski definition) is 7. The second-order valence-corrected chi connectivity index (χ2v) is 7.99. The lowest BCUT2D eigenvalue weighted by Crippen LogP contribution is -2.28. The number of nitrogens with one attached hydrogen (secondary N) is 2. The molecule has 0 bridgehead atoms. The standard InChI is InChI=1S/C20H20N4O5S/c1-28-17-10-19(29-2)22-13-18(17)30(26,27)16-7-5-15(6-8-16)24-20(25)23-12-14-4-3-9-21-11-14/h3-11,13H,12H2,1-2H3,(H2,23,24,25). The fraction of sp³-hybridized carbons (Fsp3) is 0.150. The largest absolute Gasteiger partial charge is 0.495 e. The normalized spacial score (nSPS) is 10.9. The number of methoxy groups -OCH3 is 2. The molecule has 30 heavy (non-hydrogen) atoms. The number of aromatic nitrogens is 2. The average molecular weight is 428 g/mol. The van der Waals surface area contributed by atoms with Gasteiger partial charge < -0.3 is 20.1 Å². The number of benzene rings is 1. The molecule has 2 aromatic heterocycles. The van der Waals surface area contributed by atoms with E-state index in [2.05, 4.69) is 20.6 Å². The molecule has 0 spiro atoms. The van der Waals surface area contributed by atoms with E-state index in [-0.39, 0.29) is 21.4 Å². The quantitative estimate of drug-likeness (QED) is 0.594. The van der Waals surface area contributed by atoms with E-state index in [1.165, 1.54) is 50.7 Å². The number of urea groups is 1. The van der Waals surface area contributed by atoms with Crippen molar-refractivity contribution in [2.45, 2.75) is 16.3 Å². The fourth-order valence-corrected chi connectivity index (χ4v) is 3.93. The van der Waals surface area contributed by atoms with E-state index in [9.17, 15) is 13.2 Å². The molecular weight excluding hydrogens is 408 g/mol. The zero-order valence-electron chi connectivity index (χ0n) is 16.3. The van der Waals surface area contributed by atoms with E-state index in [0.717, 1.165) is 5.56 Å². The first-order chi connectivity index (χ1) is 14.4. The van der Waals surface area contributed by atoms with Crippen molar-refractivity contribution in [3.05, 3.63) is 66.6 Å². The maximum atomic E-state index is 12.9. The molecule has 9 nitrogen and oxygen atoms in total. The van der Waals surface area contributed by atoms with Crippen molar-refractivity contribution in [3.8, 4) is 11.6 Å². The number of ether oxygens (including phenoxy) is 2. The first kappa shape index (κ1) is 21.1. The van der Waals surface area contributed by atoms with Crippen LogP contribution in [-0.2, 0) is 16.4 Å². The molecule has 2 heterocycles. The molecule has 0 radical (unpaired) electrons. The summed E-state index contributed by atoms with van der Waals surface area (Å²) in [5.41, 5.74) is 1.30. The van der Waals surface area contributed by atoms with Crippen molar-refractivity contribution in [2.75, 3.05) is 19.5 Å². The summed E-state index contributed by atoms with van der Waals surface area (Å²) < 4.78 is 36.0. The number of amides is 2. The molecule has 1 aromatic carbocycles. The smallest absolute Gasteiger partial charge is 0.319 e. The number of carbonyl (C=O) groups excluding carboxylic acids is 1. The number of nitrogens with zero attached hydrogens (tertiary/aromatic N) is 2. The maximum absolute atomic E-state index is 12.9. The molecule has 10 heteroatoms. The van der Waals surface area contributed by atoms with Gasteiger partial charge in [0.25, 0.3) is 0 Å². The van der Waals surface area contributed by atoms with Gasteiger partial charge in [-0.05, 0) is 35.9 Å². The van der Waals surface area contributed by atoms with Crippen LogP contribution in [-0.4, -0.2) is 38.6 Å². The molecule has 0 aliphatic carbocycles. The van der Waals surface area contributed by atoms with Crippen LogP contribution in [0, 0.1) is 0 Å². The lowest BCUT2D eigenvalue weighted by Gasteiger charge is -2.11. The zero-order valence-corrected chi connectivity index (χ0v) is 17.1. The highest BCUT2D eigenvalue weighted by Gasteiger charge is 2.23. The van der Waals surface area contributed by atoms with E-state index < -0.39 is 15.9 Å². The Morgan fingerprint density at radius 3 is 2.47 bits per heavy atom. The molecule has 0 fully saturated rings. The zero-order chi connectivity index (χ0) is 21.6. The first-order valence-electron chi connectivity index (χ1n) is 8.81. The van der Waals surface area contributed by atoms with Crippen LogP contribution in [0.3, 0.4) is 0 Å². The third-order valence-corrected chi connectivity index (χ3v) is 5.90. The number of hydrogen-bond donors (Lipinski definition) is 2. The van der Waals surface area contributed by atoms with Crippen molar-refractivity contribution < 1.29 is 22.7 Å². The second-order valence-electron chi connectivity index (χ2n) is 6.07. The fourth-order valence-electron chi connectivity index (χ4n) is 2.58. The Morgan fingerprint density at radius 2 is 1.83 bits per heavy atom. The summed E-state index contributed by atoms with van der Waals surface area (Å²) in [6.07, 6.45) is 4.49. The van der Waals surface area contributed by atoms with E-state index in [4.69, 9.17) is 9.47 Å². The van der Waals surface area contributed by atoms with Crippen molar-refractivity contribution in [1.29, 1.82) is 0 Å². The van der Waals surface area contributed by atoms with Gasteiger partial charge in [0, 0.05) is 30.7 Å². The van der Waals surface area contributed by atoms with Gasteiger partial charge in [-0.2, -0.15) is 0 Å². The number of anilines is 1. The minimum absolute atomic E-state index is 0.0362. The van der Waals surface area contributed by atoms with Crippen LogP contribution < -0.4 is 20.1 Å². The molecule has 156 valence electrons. The average Bonchev–Trinajstić information content (AvgIpc) is 2.78. The van der Waals surface area contributed by atoms with Crippen LogP contribution in [0.15, 0.2) is 70.8 Å². The van der Waals surface area contributed by atoms with Gasteiger partial charge >= 0.3 is 6.03 Å². The molecule has 3 rings (SSSR count). The Balaban J connectivity index is 1.71. The summed E-state index contributed by atoms with van der Waals surface area (Å²) in [4.78, 5) is 19.9. The van der Waals surface area contributed by atoms with Gasteiger partial charge in [0.2, 0.25) is 15.7 Å². The summed E-state index contributed by atoms with van der Waals surface area (Å²) in [6, 6.07) is 10.4. The first-order valence-corrected chi connectivity index (χ1v) is 10.3. The predicted molar refractivity (Wildman–Crippen MR) is 109 cm³/mol. The summed E-state index contributed by atoms with van der Waals surface area (Å²) in [5.74, 6) is 0.362. The Bertz CT molecular complexity index is 1120. The second kappa shape index (κ2) is 9.23. The number of rotatable bonds is 7. The van der Waals surface area contributed by atoms with Crippen LogP contribution in [0.4, 0.5) is 10.5 Å². The lowest BCUT2D eigenvalue weighted by molar-refractivity contribution is 0.251. The molecule has 0 aliphatic rings. The molecule has 0 unspecified atom stereocenters. The van der Waals surface area contributed by atoms with E-state index in [1.54, 1.807) is 18.5 Å². The SMILES string of the molecule is COc1cc(OC)c(S(=O)(=O)c2ccc(NC(=O)NCc3cccnc3)cc2)cn1. The van der Waals surface area contributed by atoms with Crippen LogP contribution in [0.2, 0.25) is 0 Å². The molecule has 0 saturated heterocycles. The van der Waals surface area contributed by atoms with Crippen molar-refractivity contribution in [2.24, 2.45) is 0 Å². The maximum Gasteiger partial charge on any atom is 0.319 e. The molecule has 0 aliphatic heterocycles. The molecular formula is C20H20N4O5S. The van der Waals surface area contributed by atoms with E-state index >= 15 is 0 Å². The summed E-state index contributed by atoms with van der Waals surface area (Å²) >= 11 is 0. The van der Waals surface area contributed by atoms with Crippen molar-refractivity contribution in [1.82, 2.24) is 15.3 Å². The third-order valence-electron chi connectivity index (χ3n) is 4.12. The number of carbonyl (C=O) groups is 1. The van der Waals surface area contributed by atoms with E-state index in [0.29, 0.717) is 12.2 Å². The predicted octanol–water partition coefficient (Wildman–Crippen LogP) is 2.65. The number of sulfone groups is 1. The highest BCUT2D eigenvalue weighted by atomic mass is 32.2. The van der Waals surface area contributed by atoms with Crippen LogP contribution in [0.5, 0.6) is 11.6 Å². The third kappa shape index (κ3) is 4.84. The van der Waals surface area contributed by atoms with Crippen LogP contribution >= 0.6 is 0 Å². The molecule has 2 N–H and O–H groups in total.